The number of carbonyl (C=O) groups is 2. The summed E-state index contributed by atoms with van der Waals surface area (Å²) in [6, 6.07) is 12.5. The average molecular weight is 301 g/mol. The summed E-state index contributed by atoms with van der Waals surface area (Å²) in [6.45, 7) is 0.450. The van der Waals surface area contributed by atoms with Crippen molar-refractivity contribution in [2.45, 2.75) is 13.0 Å². The molecular weight excluding hydrogens is 288 g/mol. The molecule has 106 valence electrons. The van der Waals surface area contributed by atoms with Gasteiger partial charge < -0.3 is 10.6 Å². The lowest BCUT2D eigenvalue weighted by molar-refractivity contribution is -0.117. The molecule has 0 atom stereocenters. The second-order valence-electron chi connectivity index (χ2n) is 4.99. The average Bonchev–Trinajstić information content (AvgIpc) is 2.77. The van der Waals surface area contributed by atoms with Gasteiger partial charge >= 0.3 is 0 Å². The maximum atomic E-state index is 12.2. The number of hydrogen-bond acceptors (Lipinski definition) is 2. The second-order valence-corrected chi connectivity index (χ2v) is 5.43. The molecule has 0 radical (unpaired) electrons. The third-order valence-electron chi connectivity index (χ3n) is 3.56. The maximum absolute atomic E-state index is 12.2. The third-order valence-corrected chi connectivity index (χ3v) is 3.81. The topological polar surface area (TPSA) is 63.4 Å². The Balaban J connectivity index is 1.93. The van der Waals surface area contributed by atoms with Gasteiger partial charge in [-0.25, -0.2) is 0 Å². The van der Waals surface area contributed by atoms with Gasteiger partial charge in [0.2, 0.25) is 11.8 Å². The molecule has 3 rings (SSSR count). The van der Waals surface area contributed by atoms with E-state index in [1.807, 2.05) is 12.1 Å². The van der Waals surface area contributed by atoms with E-state index in [4.69, 9.17) is 17.3 Å². The molecule has 1 aliphatic rings. The Kier molecular flexibility index (Phi) is 3.39. The van der Waals surface area contributed by atoms with Crippen molar-refractivity contribution in [3.63, 3.8) is 0 Å². The van der Waals surface area contributed by atoms with Crippen LogP contribution in [0.2, 0.25) is 5.02 Å². The van der Waals surface area contributed by atoms with Crippen LogP contribution >= 0.6 is 11.6 Å². The van der Waals surface area contributed by atoms with Crippen LogP contribution in [0.4, 0.5) is 5.69 Å². The smallest absolute Gasteiger partial charge is 0.248 e. The normalized spacial score (nSPS) is 13.4. The zero-order valence-electron chi connectivity index (χ0n) is 11.2. The lowest BCUT2D eigenvalue weighted by atomic mass is 10.1. The van der Waals surface area contributed by atoms with E-state index >= 15 is 0 Å². The number of benzene rings is 2. The summed E-state index contributed by atoms with van der Waals surface area (Å²) < 4.78 is 0. The fourth-order valence-corrected chi connectivity index (χ4v) is 2.58. The predicted molar refractivity (Wildman–Crippen MR) is 81.3 cm³/mol. The molecule has 5 heteroatoms. The molecule has 4 nitrogen and oxygen atoms in total. The van der Waals surface area contributed by atoms with Gasteiger partial charge in [0, 0.05) is 16.3 Å². The molecule has 1 heterocycles. The van der Waals surface area contributed by atoms with Crippen LogP contribution in [0.3, 0.4) is 0 Å². The highest BCUT2D eigenvalue weighted by molar-refractivity contribution is 6.30. The first-order chi connectivity index (χ1) is 10.0. The molecule has 0 aliphatic carbocycles. The van der Waals surface area contributed by atoms with Gasteiger partial charge in [0.1, 0.15) is 0 Å². The number of amides is 2. The number of nitrogens with two attached hydrogens (primary N) is 1. The van der Waals surface area contributed by atoms with E-state index in [0.717, 1.165) is 16.8 Å². The Morgan fingerprint density at radius 1 is 1.19 bits per heavy atom. The molecule has 2 N–H and O–H groups in total. The highest BCUT2D eigenvalue weighted by Gasteiger charge is 2.27. The Morgan fingerprint density at radius 2 is 1.90 bits per heavy atom. The molecule has 0 saturated carbocycles. The van der Waals surface area contributed by atoms with Crippen molar-refractivity contribution in [2.75, 3.05) is 4.90 Å². The summed E-state index contributed by atoms with van der Waals surface area (Å²) in [5.74, 6) is -0.481. The molecule has 2 amide bonds. The summed E-state index contributed by atoms with van der Waals surface area (Å²) in [6.07, 6.45) is 0.349. The largest absolute Gasteiger partial charge is 0.366 e. The van der Waals surface area contributed by atoms with Crippen molar-refractivity contribution < 1.29 is 9.59 Å². The molecule has 1 aliphatic heterocycles. The van der Waals surface area contributed by atoms with E-state index in [1.54, 1.807) is 35.2 Å². The van der Waals surface area contributed by atoms with Crippen LogP contribution in [0.15, 0.2) is 42.5 Å². The summed E-state index contributed by atoms with van der Waals surface area (Å²) in [5.41, 5.74) is 8.36. The molecule has 2 aromatic rings. The first-order valence-electron chi connectivity index (χ1n) is 6.52. The van der Waals surface area contributed by atoms with Gasteiger partial charge in [-0.05, 0) is 35.4 Å². The van der Waals surface area contributed by atoms with Gasteiger partial charge in [0.15, 0.2) is 0 Å². The van der Waals surface area contributed by atoms with Gasteiger partial charge in [-0.2, -0.15) is 0 Å². The number of halogens is 1. The molecule has 0 spiro atoms. The van der Waals surface area contributed by atoms with Crippen LogP contribution in [0.25, 0.3) is 0 Å². The molecule has 0 aromatic heterocycles. The van der Waals surface area contributed by atoms with Crippen molar-refractivity contribution in [1.29, 1.82) is 0 Å². The van der Waals surface area contributed by atoms with Crippen LogP contribution in [0, 0.1) is 0 Å². The molecule has 21 heavy (non-hydrogen) atoms. The van der Waals surface area contributed by atoms with Gasteiger partial charge in [0.05, 0.1) is 13.0 Å². The number of nitrogens with zero attached hydrogens (tertiary/aromatic N) is 1. The van der Waals surface area contributed by atoms with Crippen LogP contribution in [0.1, 0.15) is 21.5 Å². The Morgan fingerprint density at radius 3 is 2.57 bits per heavy atom. The van der Waals surface area contributed by atoms with E-state index in [9.17, 15) is 9.59 Å². The number of fused-ring (bicyclic) bond motifs is 1. The molecule has 0 bridgehead atoms. The maximum Gasteiger partial charge on any atom is 0.248 e. The van der Waals surface area contributed by atoms with Crippen molar-refractivity contribution >= 4 is 29.1 Å². The zero-order valence-corrected chi connectivity index (χ0v) is 11.9. The predicted octanol–water partition coefficient (Wildman–Crippen LogP) is 2.53. The molecule has 0 unspecified atom stereocenters. The molecule has 0 saturated heterocycles. The molecule has 0 fully saturated rings. The van der Waals surface area contributed by atoms with Crippen molar-refractivity contribution in [1.82, 2.24) is 0 Å². The molecule has 2 aromatic carbocycles. The lowest BCUT2D eigenvalue weighted by Crippen LogP contribution is -2.26. The summed E-state index contributed by atoms with van der Waals surface area (Å²) >= 11 is 5.86. The van der Waals surface area contributed by atoms with Gasteiger partial charge in [0.25, 0.3) is 0 Å². The quantitative estimate of drug-likeness (QED) is 0.946. The van der Waals surface area contributed by atoms with E-state index in [2.05, 4.69) is 0 Å². The van der Waals surface area contributed by atoms with Gasteiger partial charge in [-0.15, -0.1) is 0 Å². The van der Waals surface area contributed by atoms with Crippen molar-refractivity contribution in [3.8, 4) is 0 Å². The fraction of sp³-hybridized carbons (Fsp3) is 0.125. The zero-order chi connectivity index (χ0) is 15.0. The number of rotatable bonds is 3. The van der Waals surface area contributed by atoms with E-state index < -0.39 is 5.91 Å². The first-order valence-corrected chi connectivity index (χ1v) is 6.90. The standard InChI is InChI=1S/C16H13ClN2O2/c17-13-5-1-10(2-6-13)9-19-14-7-12(16(18)21)4-3-11(14)8-15(19)20/h1-7H,8-9H2,(H2,18,21). The third kappa shape index (κ3) is 2.62. The highest BCUT2D eigenvalue weighted by atomic mass is 35.5. The minimum Gasteiger partial charge on any atom is -0.366 e. The van der Waals surface area contributed by atoms with Crippen molar-refractivity contribution in [2.24, 2.45) is 5.73 Å². The van der Waals surface area contributed by atoms with E-state index in [0.29, 0.717) is 23.6 Å². The Hall–Kier alpha value is -2.33. The van der Waals surface area contributed by atoms with Crippen LogP contribution in [-0.2, 0) is 17.8 Å². The van der Waals surface area contributed by atoms with Crippen LogP contribution in [0.5, 0.6) is 0 Å². The monoisotopic (exact) mass is 300 g/mol. The molecular formula is C16H13ClN2O2. The highest BCUT2D eigenvalue weighted by Crippen LogP contribution is 2.31. The van der Waals surface area contributed by atoms with Crippen molar-refractivity contribution in [3.05, 3.63) is 64.2 Å². The number of carbonyl (C=O) groups excluding carboxylic acids is 2. The second kappa shape index (κ2) is 5.22. The summed E-state index contributed by atoms with van der Waals surface area (Å²) in [7, 11) is 0. The number of primary amides is 1. The lowest BCUT2D eigenvalue weighted by Gasteiger charge is -2.18. The van der Waals surface area contributed by atoms with Gasteiger partial charge in [-0.1, -0.05) is 29.8 Å². The summed E-state index contributed by atoms with van der Waals surface area (Å²) in [5, 5.41) is 0.655. The SMILES string of the molecule is NC(=O)c1ccc2c(c1)N(Cc1ccc(Cl)cc1)C(=O)C2. The Bertz CT molecular complexity index is 726. The number of hydrogen-bond donors (Lipinski definition) is 1. The van der Waals surface area contributed by atoms with E-state index in [1.165, 1.54) is 0 Å². The summed E-state index contributed by atoms with van der Waals surface area (Å²) in [4.78, 5) is 25.1. The fourth-order valence-electron chi connectivity index (χ4n) is 2.46. The first kappa shape index (κ1) is 13.6. The van der Waals surface area contributed by atoms with Crippen LogP contribution in [-0.4, -0.2) is 11.8 Å². The Labute approximate surface area is 127 Å². The van der Waals surface area contributed by atoms with Gasteiger partial charge in [-0.3, -0.25) is 9.59 Å². The minimum atomic E-state index is -0.497. The number of anilines is 1. The minimum absolute atomic E-state index is 0.0153. The van der Waals surface area contributed by atoms with Crippen LogP contribution < -0.4 is 10.6 Å². The van der Waals surface area contributed by atoms with E-state index in [-0.39, 0.29) is 5.91 Å².